The summed E-state index contributed by atoms with van der Waals surface area (Å²) in [5.74, 6) is 1.45. The lowest BCUT2D eigenvalue weighted by atomic mass is 10.0. The molecule has 1 aromatic rings. The standard InChI is InChI=1S/C12H16ClNO2.ClH/c1-2-3-4-10(14)8-5-11-12(6-9(8)13)16-7-15-11;/h5-6,10H,2-4,7,14H2,1H3;1H/t10-;/m0./s1. The maximum Gasteiger partial charge on any atom is 0.231 e. The number of hydrogen-bond acceptors (Lipinski definition) is 3. The average Bonchev–Trinajstić information content (AvgIpc) is 2.71. The van der Waals surface area contributed by atoms with E-state index in [2.05, 4.69) is 6.92 Å². The van der Waals surface area contributed by atoms with Gasteiger partial charge in [-0.25, -0.2) is 0 Å². The maximum absolute atomic E-state index is 6.17. The number of benzene rings is 1. The first-order valence-electron chi connectivity index (χ1n) is 5.57. The molecule has 0 unspecified atom stereocenters. The minimum atomic E-state index is -0.0260. The van der Waals surface area contributed by atoms with Crippen molar-refractivity contribution in [3.63, 3.8) is 0 Å². The van der Waals surface area contributed by atoms with Crippen molar-refractivity contribution in [2.45, 2.75) is 32.2 Å². The van der Waals surface area contributed by atoms with Gasteiger partial charge >= 0.3 is 0 Å². The van der Waals surface area contributed by atoms with Gasteiger partial charge in [0.25, 0.3) is 0 Å². The molecule has 0 amide bonds. The molecular formula is C12H17Cl2NO2. The van der Waals surface area contributed by atoms with Crippen molar-refractivity contribution >= 4 is 24.0 Å². The molecule has 0 bridgehead atoms. The predicted octanol–water partition coefficient (Wildman–Crippen LogP) is 3.68. The average molecular weight is 278 g/mol. The topological polar surface area (TPSA) is 44.5 Å². The highest BCUT2D eigenvalue weighted by molar-refractivity contribution is 6.31. The van der Waals surface area contributed by atoms with Crippen LogP contribution in [0.3, 0.4) is 0 Å². The number of hydrogen-bond donors (Lipinski definition) is 1. The molecule has 1 heterocycles. The van der Waals surface area contributed by atoms with Gasteiger partial charge < -0.3 is 15.2 Å². The summed E-state index contributed by atoms with van der Waals surface area (Å²) >= 11 is 6.17. The van der Waals surface area contributed by atoms with Gasteiger partial charge in [0.1, 0.15) is 0 Å². The summed E-state index contributed by atoms with van der Waals surface area (Å²) in [5.41, 5.74) is 7.04. The molecule has 1 aliphatic rings. The highest BCUT2D eigenvalue weighted by Crippen LogP contribution is 2.39. The smallest absolute Gasteiger partial charge is 0.231 e. The first-order chi connectivity index (χ1) is 7.72. The van der Waals surface area contributed by atoms with Gasteiger partial charge in [-0.15, -0.1) is 12.4 Å². The Kier molecular flexibility index (Phi) is 5.37. The molecular weight excluding hydrogens is 261 g/mol. The zero-order valence-corrected chi connectivity index (χ0v) is 11.3. The van der Waals surface area contributed by atoms with E-state index < -0.39 is 0 Å². The van der Waals surface area contributed by atoms with Gasteiger partial charge in [0.2, 0.25) is 6.79 Å². The Morgan fingerprint density at radius 3 is 2.65 bits per heavy atom. The predicted molar refractivity (Wildman–Crippen MR) is 71.3 cm³/mol. The molecule has 1 aromatic carbocycles. The molecule has 96 valence electrons. The number of nitrogens with two attached hydrogens (primary N) is 1. The van der Waals surface area contributed by atoms with E-state index in [9.17, 15) is 0 Å². The summed E-state index contributed by atoms with van der Waals surface area (Å²) < 4.78 is 10.6. The molecule has 2 N–H and O–H groups in total. The molecule has 0 saturated heterocycles. The Balaban J connectivity index is 0.00000144. The van der Waals surface area contributed by atoms with Gasteiger partial charge in [0, 0.05) is 17.1 Å². The number of ether oxygens (including phenoxy) is 2. The monoisotopic (exact) mass is 277 g/mol. The third kappa shape index (κ3) is 3.18. The minimum absolute atomic E-state index is 0. The van der Waals surface area contributed by atoms with Crippen LogP contribution in [0, 0.1) is 0 Å². The molecule has 0 spiro atoms. The number of rotatable bonds is 4. The molecule has 0 aliphatic carbocycles. The van der Waals surface area contributed by atoms with E-state index in [4.69, 9.17) is 26.8 Å². The summed E-state index contributed by atoms with van der Waals surface area (Å²) in [5, 5.41) is 0.660. The highest BCUT2D eigenvalue weighted by atomic mass is 35.5. The van der Waals surface area contributed by atoms with Crippen molar-refractivity contribution in [1.82, 2.24) is 0 Å². The fourth-order valence-electron chi connectivity index (χ4n) is 1.80. The molecule has 0 aromatic heterocycles. The van der Waals surface area contributed by atoms with Gasteiger partial charge in [-0.3, -0.25) is 0 Å². The van der Waals surface area contributed by atoms with Crippen molar-refractivity contribution in [1.29, 1.82) is 0 Å². The molecule has 0 fully saturated rings. The Labute approximate surface area is 113 Å². The van der Waals surface area contributed by atoms with Crippen LogP contribution in [0.5, 0.6) is 11.5 Å². The van der Waals surface area contributed by atoms with Crippen LogP contribution in [0.4, 0.5) is 0 Å². The van der Waals surface area contributed by atoms with Gasteiger partial charge in [-0.05, 0) is 18.1 Å². The van der Waals surface area contributed by atoms with Gasteiger partial charge in [-0.2, -0.15) is 0 Å². The van der Waals surface area contributed by atoms with E-state index in [0.29, 0.717) is 10.8 Å². The van der Waals surface area contributed by atoms with Crippen LogP contribution < -0.4 is 15.2 Å². The van der Waals surface area contributed by atoms with Gasteiger partial charge in [0.05, 0.1) is 0 Å². The second-order valence-electron chi connectivity index (χ2n) is 3.98. The summed E-state index contributed by atoms with van der Waals surface area (Å²) in [6.45, 7) is 2.41. The largest absolute Gasteiger partial charge is 0.454 e. The van der Waals surface area contributed by atoms with Crippen LogP contribution in [0.25, 0.3) is 0 Å². The number of unbranched alkanes of at least 4 members (excludes halogenated alkanes) is 1. The first-order valence-corrected chi connectivity index (χ1v) is 5.94. The third-order valence-corrected chi connectivity index (χ3v) is 3.09. The molecule has 3 nitrogen and oxygen atoms in total. The van der Waals surface area contributed by atoms with Crippen molar-refractivity contribution in [2.75, 3.05) is 6.79 Å². The normalized spacial score (nSPS) is 14.3. The fraction of sp³-hybridized carbons (Fsp3) is 0.500. The van der Waals surface area contributed by atoms with Crippen molar-refractivity contribution in [3.05, 3.63) is 22.7 Å². The van der Waals surface area contributed by atoms with Crippen molar-refractivity contribution in [3.8, 4) is 11.5 Å². The molecule has 1 aliphatic heterocycles. The Morgan fingerprint density at radius 1 is 1.35 bits per heavy atom. The second kappa shape index (κ2) is 6.34. The van der Waals surface area contributed by atoms with E-state index in [-0.39, 0.29) is 25.2 Å². The minimum Gasteiger partial charge on any atom is -0.454 e. The zero-order chi connectivity index (χ0) is 11.5. The second-order valence-corrected chi connectivity index (χ2v) is 4.38. The Morgan fingerprint density at radius 2 is 2.00 bits per heavy atom. The zero-order valence-electron chi connectivity index (χ0n) is 9.74. The highest BCUT2D eigenvalue weighted by Gasteiger charge is 2.19. The molecule has 0 radical (unpaired) electrons. The van der Waals surface area contributed by atoms with Crippen LogP contribution in [0.1, 0.15) is 37.8 Å². The van der Waals surface area contributed by atoms with Crippen LogP contribution in [0.15, 0.2) is 12.1 Å². The van der Waals surface area contributed by atoms with Crippen molar-refractivity contribution < 1.29 is 9.47 Å². The van der Waals surface area contributed by atoms with E-state index in [0.717, 1.165) is 30.6 Å². The van der Waals surface area contributed by atoms with E-state index in [1.54, 1.807) is 6.07 Å². The summed E-state index contributed by atoms with van der Waals surface area (Å²) in [4.78, 5) is 0. The van der Waals surface area contributed by atoms with Crippen molar-refractivity contribution in [2.24, 2.45) is 5.73 Å². The SMILES string of the molecule is CCCC[C@H](N)c1cc2c(cc1Cl)OCO2.Cl. The van der Waals surface area contributed by atoms with Gasteiger partial charge in [-0.1, -0.05) is 31.4 Å². The molecule has 2 rings (SSSR count). The summed E-state index contributed by atoms with van der Waals surface area (Å²) in [6, 6.07) is 3.65. The van der Waals surface area contributed by atoms with Crippen LogP contribution >= 0.6 is 24.0 Å². The number of fused-ring (bicyclic) bond motifs is 1. The Bertz CT molecular complexity index is 385. The lowest BCUT2D eigenvalue weighted by molar-refractivity contribution is 0.174. The van der Waals surface area contributed by atoms with E-state index in [1.165, 1.54) is 0 Å². The van der Waals surface area contributed by atoms with E-state index in [1.807, 2.05) is 6.07 Å². The molecule has 1 atom stereocenters. The van der Waals surface area contributed by atoms with Crippen LogP contribution in [-0.2, 0) is 0 Å². The van der Waals surface area contributed by atoms with E-state index >= 15 is 0 Å². The first kappa shape index (κ1) is 14.4. The fourth-order valence-corrected chi connectivity index (χ4v) is 2.09. The number of halogens is 2. The van der Waals surface area contributed by atoms with Crippen LogP contribution in [-0.4, -0.2) is 6.79 Å². The Hall–Kier alpha value is -0.640. The molecule has 5 heteroatoms. The molecule has 17 heavy (non-hydrogen) atoms. The molecule has 0 saturated carbocycles. The summed E-state index contributed by atoms with van der Waals surface area (Å²) in [7, 11) is 0. The van der Waals surface area contributed by atoms with Gasteiger partial charge in [0.15, 0.2) is 11.5 Å². The third-order valence-electron chi connectivity index (χ3n) is 2.76. The maximum atomic E-state index is 6.17. The lowest BCUT2D eigenvalue weighted by Crippen LogP contribution is -2.10. The van der Waals surface area contributed by atoms with Crippen LogP contribution in [0.2, 0.25) is 5.02 Å². The summed E-state index contributed by atoms with van der Waals surface area (Å²) in [6.07, 6.45) is 3.18. The lowest BCUT2D eigenvalue weighted by Gasteiger charge is -2.13. The quantitative estimate of drug-likeness (QED) is 0.913.